The second-order valence-corrected chi connectivity index (χ2v) is 2.76. The molecule has 0 radical (unpaired) electrons. The number of nitrogens with one attached hydrogen (secondary N) is 3. The molecule has 0 aliphatic carbocycles. The molecule has 0 amide bonds. The molecule has 62 valence electrons. The van der Waals surface area contributed by atoms with Crippen molar-refractivity contribution in [3.05, 3.63) is 21.2 Å². The average Bonchev–Trinajstić information content (AvgIpc) is 2.29. The molecule has 0 spiro atoms. The van der Waals surface area contributed by atoms with Crippen molar-refractivity contribution in [1.29, 1.82) is 0 Å². The number of aromatic nitrogens is 3. The molecule has 12 heavy (non-hydrogen) atoms. The Balaban J connectivity index is 3.08. The molecule has 2 heterocycles. The van der Waals surface area contributed by atoms with Crippen LogP contribution in [0.15, 0.2) is 10.9 Å². The van der Waals surface area contributed by atoms with Gasteiger partial charge in [-0.15, -0.1) is 0 Å². The highest BCUT2D eigenvalue weighted by molar-refractivity contribution is 7.71. The van der Waals surface area contributed by atoms with Crippen molar-refractivity contribution in [2.24, 2.45) is 0 Å². The maximum Gasteiger partial charge on any atom is 0.261 e. The van der Waals surface area contributed by atoms with Gasteiger partial charge >= 0.3 is 0 Å². The maximum atomic E-state index is 11.1. The van der Waals surface area contributed by atoms with Gasteiger partial charge in [-0.1, -0.05) is 0 Å². The average molecular weight is 183 g/mol. The molecule has 0 atom stereocenters. The van der Waals surface area contributed by atoms with E-state index in [-0.39, 0.29) is 16.2 Å². The van der Waals surface area contributed by atoms with Crippen LogP contribution in [0.5, 0.6) is 5.88 Å². The largest absolute Gasteiger partial charge is 0.495 e. The van der Waals surface area contributed by atoms with Crippen molar-refractivity contribution < 1.29 is 5.11 Å². The SMILES string of the molecule is O=c1[nH]c(=S)[nH]c2[nH]c(O)cc12. The maximum absolute atomic E-state index is 11.1. The molecule has 0 aromatic carbocycles. The molecule has 0 saturated heterocycles. The minimum atomic E-state index is -0.315. The normalized spacial score (nSPS) is 10.7. The number of hydrogen-bond donors (Lipinski definition) is 4. The van der Waals surface area contributed by atoms with Gasteiger partial charge in [0.2, 0.25) is 0 Å². The molecule has 0 bridgehead atoms. The Hall–Kier alpha value is -1.56. The number of rotatable bonds is 0. The Morgan fingerprint density at radius 1 is 1.33 bits per heavy atom. The molecule has 0 saturated carbocycles. The smallest absolute Gasteiger partial charge is 0.261 e. The minimum Gasteiger partial charge on any atom is -0.495 e. The summed E-state index contributed by atoms with van der Waals surface area (Å²) in [5, 5.41) is 9.37. The van der Waals surface area contributed by atoms with Crippen LogP contribution in [0.2, 0.25) is 0 Å². The summed E-state index contributed by atoms with van der Waals surface area (Å²) in [6.45, 7) is 0. The van der Waals surface area contributed by atoms with Crippen LogP contribution >= 0.6 is 12.2 Å². The fraction of sp³-hybridized carbons (Fsp3) is 0. The highest BCUT2D eigenvalue weighted by Crippen LogP contribution is 2.12. The highest BCUT2D eigenvalue weighted by Gasteiger charge is 2.02. The van der Waals surface area contributed by atoms with Crippen LogP contribution < -0.4 is 5.56 Å². The van der Waals surface area contributed by atoms with Crippen molar-refractivity contribution >= 4 is 23.3 Å². The third kappa shape index (κ3) is 0.928. The number of H-pyrrole nitrogens is 3. The third-order valence-electron chi connectivity index (χ3n) is 1.51. The summed E-state index contributed by atoms with van der Waals surface area (Å²) < 4.78 is 0.231. The molecule has 5 nitrogen and oxygen atoms in total. The summed E-state index contributed by atoms with van der Waals surface area (Å²) in [7, 11) is 0. The molecule has 4 N–H and O–H groups in total. The zero-order valence-electron chi connectivity index (χ0n) is 5.84. The third-order valence-corrected chi connectivity index (χ3v) is 1.72. The lowest BCUT2D eigenvalue weighted by Crippen LogP contribution is -2.06. The first-order valence-electron chi connectivity index (χ1n) is 3.21. The van der Waals surface area contributed by atoms with Crippen LogP contribution in [-0.2, 0) is 0 Å². The second-order valence-electron chi connectivity index (χ2n) is 2.35. The zero-order chi connectivity index (χ0) is 8.72. The molecule has 0 unspecified atom stereocenters. The Bertz CT molecular complexity index is 535. The number of hydrogen-bond acceptors (Lipinski definition) is 3. The molecule has 0 aliphatic rings. The first-order chi connectivity index (χ1) is 5.66. The van der Waals surface area contributed by atoms with E-state index in [1.165, 1.54) is 6.07 Å². The van der Waals surface area contributed by atoms with Gasteiger partial charge in [0, 0.05) is 6.07 Å². The van der Waals surface area contributed by atoms with Crippen molar-refractivity contribution in [2.75, 3.05) is 0 Å². The predicted molar refractivity (Wildman–Crippen MR) is 45.8 cm³/mol. The summed E-state index contributed by atoms with van der Waals surface area (Å²) in [6, 6.07) is 1.33. The molecule has 6 heteroatoms. The van der Waals surface area contributed by atoms with Gasteiger partial charge in [0.25, 0.3) is 5.56 Å². The standard InChI is InChI=1S/C6H5N3O2S/c10-3-1-2-4(7-3)8-6(12)9-5(2)11/h1,10H,(H3,7,8,9,11,12). The van der Waals surface area contributed by atoms with Crippen LogP contribution in [0.3, 0.4) is 0 Å². The van der Waals surface area contributed by atoms with E-state index in [0.29, 0.717) is 11.0 Å². The van der Waals surface area contributed by atoms with Crippen LogP contribution in [0.25, 0.3) is 11.0 Å². The van der Waals surface area contributed by atoms with Gasteiger partial charge in [-0.3, -0.25) is 9.78 Å². The fourth-order valence-corrected chi connectivity index (χ4v) is 1.23. The fourth-order valence-electron chi connectivity index (χ4n) is 1.03. The molecular formula is C6H5N3O2S. The predicted octanol–water partition coefficient (Wildman–Crippen LogP) is 0.619. The lowest BCUT2D eigenvalue weighted by Gasteiger charge is -1.87. The van der Waals surface area contributed by atoms with Gasteiger partial charge in [0.15, 0.2) is 10.7 Å². The monoisotopic (exact) mass is 183 g/mol. The number of aromatic hydroxyl groups is 1. The lowest BCUT2D eigenvalue weighted by molar-refractivity contribution is 0.458. The molecule has 2 aromatic rings. The second kappa shape index (κ2) is 2.21. The summed E-state index contributed by atoms with van der Waals surface area (Å²) in [5.74, 6) is -0.0626. The van der Waals surface area contributed by atoms with Gasteiger partial charge in [-0.2, -0.15) is 0 Å². The van der Waals surface area contributed by atoms with E-state index in [1.807, 2.05) is 0 Å². The summed E-state index contributed by atoms with van der Waals surface area (Å²) in [4.78, 5) is 18.8. The topological polar surface area (TPSA) is 84.7 Å². The van der Waals surface area contributed by atoms with Gasteiger partial charge in [-0.05, 0) is 12.2 Å². The Kier molecular flexibility index (Phi) is 1.31. The summed E-state index contributed by atoms with van der Waals surface area (Å²) in [6.07, 6.45) is 0. The Morgan fingerprint density at radius 3 is 2.83 bits per heavy atom. The van der Waals surface area contributed by atoms with E-state index in [1.54, 1.807) is 0 Å². The van der Waals surface area contributed by atoms with Crippen molar-refractivity contribution in [2.45, 2.75) is 0 Å². The van der Waals surface area contributed by atoms with Crippen LogP contribution in [0.4, 0.5) is 0 Å². The Morgan fingerprint density at radius 2 is 2.08 bits per heavy atom. The Labute approximate surface area is 71.1 Å². The van der Waals surface area contributed by atoms with Crippen LogP contribution in [-0.4, -0.2) is 20.1 Å². The minimum absolute atomic E-state index is 0.0626. The van der Waals surface area contributed by atoms with E-state index in [2.05, 4.69) is 15.0 Å². The van der Waals surface area contributed by atoms with Crippen molar-refractivity contribution in [3.8, 4) is 5.88 Å². The first kappa shape index (κ1) is 7.11. The molecular weight excluding hydrogens is 178 g/mol. The lowest BCUT2D eigenvalue weighted by atomic mass is 10.4. The summed E-state index contributed by atoms with van der Waals surface area (Å²) in [5.41, 5.74) is 0.117. The molecule has 0 aliphatic heterocycles. The summed E-state index contributed by atoms with van der Waals surface area (Å²) >= 11 is 4.72. The zero-order valence-corrected chi connectivity index (χ0v) is 6.66. The van der Waals surface area contributed by atoms with E-state index in [4.69, 9.17) is 17.3 Å². The van der Waals surface area contributed by atoms with E-state index in [9.17, 15) is 4.79 Å². The van der Waals surface area contributed by atoms with Gasteiger partial charge in [0.1, 0.15) is 5.65 Å². The molecule has 0 fully saturated rings. The highest BCUT2D eigenvalue weighted by atomic mass is 32.1. The van der Waals surface area contributed by atoms with Gasteiger partial charge in [0.05, 0.1) is 5.39 Å². The van der Waals surface area contributed by atoms with E-state index in [0.717, 1.165) is 0 Å². The van der Waals surface area contributed by atoms with Gasteiger partial charge in [-0.25, -0.2) is 0 Å². The van der Waals surface area contributed by atoms with Crippen LogP contribution in [0, 0.1) is 4.77 Å². The van der Waals surface area contributed by atoms with E-state index >= 15 is 0 Å². The van der Waals surface area contributed by atoms with E-state index < -0.39 is 0 Å². The van der Waals surface area contributed by atoms with Gasteiger partial charge < -0.3 is 15.1 Å². The van der Waals surface area contributed by atoms with Crippen molar-refractivity contribution in [1.82, 2.24) is 15.0 Å². The number of aromatic amines is 3. The van der Waals surface area contributed by atoms with Crippen LogP contribution in [0.1, 0.15) is 0 Å². The first-order valence-corrected chi connectivity index (χ1v) is 3.62. The van der Waals surface area contributed by atoms with Crippen molar-refractivity contribution in [3.63, 3.8) is 0 Å². The number of fused-ring (bicyclic) bond motifs is 1. The molecule has 2 aromatic heterocycles. The molecule has 2 rings (SSSR count). The quantitative estimate of drug-likeness (QED) is 0.452.